The number of aromatic nitrogens is 1. The molecule has 0 aliphatic carbocycles. The number of hydrogen-bond donors (Lipinski definition) is 2. The lowest BCUT2D eigenvalue weighted by Gasteiger charge is -2.16. The van der Waals surface area contributed by atoms with Crippen molar-refractivity contribution in [1.29, 1.82) is 0 Å². The lowest BCUT2D eigenvalue weighted by atomic mass is 10.2. The van der Waals surface area contributed by atoms with Gasteiger partial charge in [0.15, 0.2) is 0 Å². The van der Waals surface area contributed by atoms with Gasteiger partial charge in [-0.25, -0.2) is 4.98 Å². The first-order chi connectivity index (χ1) is 8.56. The number of thiazole rings is 1. The SMILES string of the molecule is CC(CC(N)=O)NC(C)c1nc2ccccc2s1. The van der Waals surface area contributed by atoms with Crippen LogP contribution in [0.25, 0.3) is 10.2 Å². The summed E-state index contributed by atoms with van der Waals surface area (Å²) in [6.07, 6.45) is 0.342. The molecule has 18 heavy (non-hydrogen) atoms. The lowest BCUT2D eigenvalue weighted by Crippen LogP contribution is -2.32. The summed E-state index contributed by atoms with van der Waals surface area (Å²) in [5, 5.41) is 4.37. The third-order valence-electron chi connectivity index (χ3n) is 2.72. The van der Waals surface area contributed by atoms with E-state index in [1.54, 1.807) is 11.3 Å². The molecule has 2 rings (SSSR count). The molecule has 0 fully saturated rings. The predicted molar refractivity (Wildman–Crippen MR) is 74.4 cm³/mol. The van der Waals surface area contributed by atoms with Crippen LogP contribution in [0.3, 0.4) is 0 Å². The molecule has 0 aliphatic heterocycles. The van der Waals surface area contributed by atoms with E-state index >= 15 is 0 Å². The van der Waals surface area contributed by atoms with Crippen molar-refractivity contribution < 1.29 is 4.79 Å². The number of hydrogen-bond acceptors (Lipinski definition) is 4. The highest BCUT2D eigenvalue weighted by Gasteiger charge is 2.14. The van der Waals surface area contributed by atoms with E-state index in [0.717, 1.165) is 10.5 Å². The average molecular weight is 263 g/mol. The van der Waals surface area contributed by atoms with Gasteiger partial charge in [-0.15, -0.1) is 11.3 Å². The summed E-state index contributed by atoms with van der Waals surface area (Å²) >= 11 is 1.68. The van der Waals surface area contributed by atoms with Crippen LogP contribution < -0.4 is 11.1 Å². The zero-order chi connectivity index (χ0) is 13.1. The molecular formula is C13H17N3OS. The fraction of sp³-hybridized carbons (Fsp3) is 0.385. The van der Waals surface area contributed by atoms with E-state index in [1.165, 1.54) is 4.70 Å². The highest BCUT2D eigenvalue weighted by Crippen LogP contribution is 2.26. The standard InChI is InChI=1S/C13H17N3OS/c1-8(7-12(14)17)15-9(2)13-16-10-5-3-4-6-11(10)18-13/h3-6,8-9,15H,7H2,1-2H3,(H2,14,17). The van der Waals surface area contributed by atoms with Crippen molar-refractivity contribution in [3.63, 3.8) is 0 Å². The van der Waals surface area contributed by atoms with Crippen molar-refractivity contribution >= 4 is 27.5 Å². The minimum Gasteiger partial charge on any atom is -0.370 e. The van der Waals surface area contributed by atoms with Crippen molar-refractivity contribution in [3.05, 3.63) is 29.3 Å². The molecule has 2 atom stereocenters. The van der Waals surface area contributed by atoms with Crippen LogP contribution in [-0.2, 0) is 4.79 Å². The van der Waals surface area contributed by atoms with E-state index in [2.05, 4.69) is 23.3 Å². The van der Waals surface area contributed by atoms with Gasteiger partial charge in [0.05, 0.1) is 16.3 Å². The number of amides is 1. The summed E-state index contributed by atoms with van der Waals surface area (Å²) in [7, 11) is 0. The first-order valence-corrected chi connectivity index (χ1v) is 6.77. The van der Waals surface area contributed by atoms with E-state index in [4.69, 9.17) is 5.73 Å². The number of rotatable bonds is 5. The largest absolute Gasteiger partial charge is 0.370 e. The number of nitrogens with one attached hydrogen (secondary N) is 1. The second-order valence-electron chi connectivity index (χ2n) is 4.48. The maximum absolute atomic E-state index is 10.8. The van der Waals surface area contributed by atoms with Crippen molar-refractivity contribution in [2.45, 2.75) is 32.4 Å². The van der Waals surface area contributed by atoms with Gasteiger partial charge in [0, 0.05) is 12.5 Å². The molecule has 0 aliphatic rings. The summed E-state index contributed by atoms with van der Waals surface area (Å²) in [5.41, 5.74) is 6.20. The predicted octanol–water partition coefficient (Wildman–Crippen LogP) is 2.21. The molecule has 0 spiro atoms. The minimum atomic E-state index is -0.286. The molecule has 0 saturated carbocycles. The Bertz CT molecular complexity index is 519. The molecule has 0 bridgehead atoms. The van der Waals surface area contributed by atoms with Gasteiger partial charge in [0.1, 0.15) is 5.01 Å². The molecule has 2 aromatic rings. The maximum Gasteiger partial charge on any atom is 0.218 e. The molecule has 2 unspecified atom stereocenters. The third-order valence-corrected chi connectivity index (χ3v) is 3.94. The number of primary amides is 1. The van der Waals surface area contributed by atoms with Crippen LogP contribution in [0.5, 0.6) is 0 Å². The highest BCUT2D eigenvalue weighted by atomic mass is 32.1. The smallest absolute Gasteiger partial charge is 0.218 e. The molecular weight excluding hydrogens is 246 g/mol. The van der Waals surface area contributed by atoms with Crippen LogP contribution in [0, 0.1) is 0 Å². The first-order valence-electron chi connectivity index (χ1n) is 5.96. The van der Waals surface area contributed by atoms with Gasteiger partial charge in [-0.05, 0) is 26.0 Å². The molecule has 0 radical (unpaired) electrons. The number of fused-ring (bicyclic) bond motifs is 1. The molecule has 0 saturated heterocycles. The van der Waals surface area contributed by atoms with Gasteiger partial charge in [0.2, 0.25) is 5.91 Å². The lowest BCUT2D eigenvalue weighted by molar-refractivity contribution is -0.118. The van der Waals surface area contributed by atoms with E-state index in [9.17, 15) is 4.79 Å². The summed E-state index contributed by atoms with van der Waals surface area (Å²) in [6, 6.07) is 8.25. The number of nitrogens with two attached hydrogens (primary N) is 1. The molecule has 4 nitrogen and oxygen atoms in total. The van der Waals surface area contributed by atoms with Crippen LogP contribution in [0.15, 0.2) is 24.3 Å². The van der Waals surface area contributed by atoms with Crippen LogP contribution >= 0.6 is 11.3 Å². The second kappa shape index (κ2) is 5.46. The zero-order valence-corrected chi connectivity index (χ0v) is 11.3. The zero-order valence-electron chi connectivity index (χ0n) is 10.5. The summed E-state index contributed by atoms with van der Waals surface area (Å²) in [5.74, 6) is -0.286. The maximum atomic E-state index is 10.8. The molecule has 96 valence electrons. The normalized spacial score (nSPS) is 14.6. The van der Waals surface area contributed by atoms with Gasteiger partial charge < -0.3 is 11.1 Å². The van der Waals surface area contributed by atoms with Gasteiger partial charge in [-0.2, -0.15) is 0 Å². The average Bonchev–Trinajstić information content (AvgIpc) is 2.71. The number of carbonyl (C=O) groups is 1. The number of para-hydroxylation sites is 1. The summed E-state index contributed by atoms with van der Waals surface area (Å²) in [6.45, 7) is 4.00. The van der Waals surface area contributed by atoms with E-state index in [1.807, 2.05) is 25.1 Å². The van der Waals surface area contributed by atoms with Crippen molar-refractivity contribution in [2.24, 2.45) is 5.73 Å². The van der Waals surface area contributed by atoms with E-state index < -0.39 is 0 Å². The Kier molecular flexibility index (Phi) is 3.93. The quantitative estimate of drug-likeness (QED) is 0.869. The number of carbonyl (C=O) groups excluding carboxylic acids is 1. The topological polar surface area (TPSA) is 68.0 Å². The summed E-state index contributed by atoms with van der Waals surface area (Å²) < 4.78 is 1.18. The molecule has 1 heterocycles. The Balaban J connectivity index is 2.08. The van der Waals surface area contributed by atoms with Crippen LogP contribution in [0.2, 0.25) is 0 Å². The molecule has 1 aromatic heterocycles. The Labute approximate surface area is 110 Å². The fourth-order valence-electron chi connectivity index (χ4n) is 1.93. The van der Waals surface area contributed by atoms with Crippen LogP contribution in [-0.4, -0.2) is 16.9 Å². The second-order valence-corrected chi connectivity index (χ2v) is 5.54. The summed E-state index contributed by atoms with van der Waals surface area (Å²) in [4.78, 5) is 15.4. The molecule has 1 aromatic carbocycles. The van der Waals surface area contributed by atoms with Gasteiger partial charge in [-0.3, -0.25) is 4.79 Å². The molecule has 5 heteroatoms. The third kappa shape index (κ3) is 3.05. The molecule has 3 N–H and O–H groups in total. The number of nitrogens with zero attached hydrogens (tertiary/aromatic N) is 1. The van der Waals surface area contributed by atoms with Gasteiger partial charge in [-0.1, -0.05) is 12.1 Å². The van der Waals surface area contributed by atoms with E-state index in [0.29, 0.717) is 6.42 Å². The Morgan fingerprint density at radius 1 is 1.44 bits per heavy atom. The highest BCUT2D eigenvalue weighted by molar-refractivity contribution is 7.18. The minimum absolute atomic E-state index is 0.0597. The van der Waals surface area contributed by atoms with Gasteiger partial charge in [0.25, 0.3) is 0 Å². The van der Waals surface area contributed by atoms with Crippen LogP contribution in [0.1, 0.15) is 31.3 Å². The van der Waals surface area contributed by atoms with Crippen molar-refractivity contribution in [1.82, 2.24) is 10.3 Å². The Hall–Kier alpha value is -1.46. The van der Waals surface area contributed by atoms with Crippen molar-refractivity contribution in [2.75, 3.05) is 0 Å². The van der Waals surface area contributed by atoms with E-state index in [-0.39, 0.29) is 18.0 Å². The molecule has 1 amide bonds. The fourth-order valence-corrected chi connectivity index (χ4v) is 2.91. The number of benzene rings is 1. The Morgan fingerprint density at radius 2 is 2.17 bits per heavy atom. The van der Waals surface area contributed by atoms with Crippen molar-refractivity contribution in [3.8, 4) is 0 Å². The van der Waals surface area contributed by atoms with Gasteiger partial charge >= 0.3 is 0 Å². The monoisotopic (exact) mass is 263 g/mol. The first kappa shape index (κ1) is 13.0. The Morgan fingerprint density at radius 3 is 2.83 bits per heavy atom. The van der Waals surface area contributed by atoms with Crippen LogP contribution in [0.4, 0.5) is 0 Å².